The lowest BCUT2D eigenvalue weighted by Crippen LogP contribution is -2.34. The van der Waals surface area contributed by atoms with Gasteiger partial charge in [0.25, 0.3) is 0 Å². The molecule has 0 saturated heterocycles. The zero-order valence-corrected chi connectivity index (χ0v) is 9.80. The van der Waals surface area contributed by atoms with Crippen molar-refractivity contribution in [2.75, 3.05) is 6.54 Å². The van der Waals surface area contributed by atoms with Crippen LogP contribution in [0.1, 0.15) is 25.0 Å². The molecule has 0 unspecified atom stereocenters. The van der Waals surface area contributed by atoms with Crippen molar-refractivity contribution in [3.63, 3.8) is 0 Å². The number of hydrogen-bond donors (Lipinski definition) is 2. The van der Waals surface area contributed by atoms with Crippen molar-refractivity contribution in [1.82, 2.24) is 5.32 Å². The third kappa shape index (κ3) is 5.19. The van der Waals surface area contributed by atoms with Crippen LogP contribution in [0.15, 0.2) is 24.3 Å². The van der Waals surface area contributed by atoms with Crippen molar-refractivity contribution in [1.29, 1.82) is 0 Å². The first kappa shape index (κ1) is 14.0. The summed E-state index contributed by atoms with van der Waals surface area (Å²) < 4.78 is 36.8. The van der Waals surface area contributed by atoms with Crippen molar-refractivity contribution in [3.8, 4) is 0 Å². The monoisotopic (exact) mass is 247 g/mol. The Bertz CT molecular complexity index is 351. The standard InChI is InChI=1S/C12H16F3NO/c1-11(2,17)8-16-7-9-3-5-10(6-4-9)12(13,14)15/h3-6,16-17H,7-8H2,1-2H3. The van der Waals surface area contributed by atoms with Gasteiger partial charge in [0.1, 0.15) is 0 Å². The van der Waals surface area contributed by atoms with Gasteiger partial charge in [0, 0.05) is 13.1 Å². The molecule has 0 atom stereocenters. The van der Waals surface area contributed by atoms with Crippen molar-refractivity contribution < 1.29 is 18.3 Å². The molecule has 0 heterocycles. The third-order valence-electron chi connectivity index (χ3n) is 2.17. The largest absolute Gasteiger partial charge is 0.416 e. The van der Waals surface area contributed by atoms with Crippen LogP contribution in [-0.4, -0.2) is 17.3 Å². The molecule has 1 aromatic rings. The number of alkyl halides is 3. The summed E-state index contributed by atoms with van der Waals surface area (Å²) in [5, 5.41) is 12.4. The molecule has 0 aliphatic heterocycles. The van der Waals surface area contributed by atoms with Crippen LogP contribution in [0.25, 0.3) is 0 Å². The van der Waals surface area contributed by atoms with E-state index in [9.17, 15) is 18.3 Å². The number of benzene rings is 1. The fourth-order valence-corrected chi connectivity index (χ4v) is 1.32. The van der Waals surface area contributed by atoms with Gasteiger partial charge in [0.15, 0.2) is 0 Å². The molecule has 0 radical (unpaired) electrons. The normalized spacial score (nSPS) is 12.8. The minimum atomic E-state index is -4.29. The van der Waals surface area contributed by atoms with Crippen LogP contribution in [-0.2, 0) is 12.7 Å². The van der Waals surface area contributed by atoms with Crippen molar-refractivity contribution in [2.45, 2.75) is 32.2 Å². The zero-order chi connectivity index (χ0) is 13.1. The molecular weight excluding hydrogens is 231 g/mol. The molecule has 0 aliphatic rings. The van der Waals surface area contributed by atoms with Crippen LogP contribution >= 0.6 is 0 Å². The predicted octanol–water partition coefficient (Wildman–Crippen LogP) is 2.57. The molecule has 17 heavy (non-hydrogen) atoms. The Kier molecular flexibility index (Phi) is 4.16. The molecule has 0 spiro atoms. The van der Waals surface area contributed by atoms with Crippen molar-refractivity contribution in [2.24, 2.45) is 0 Å². The van der Waals surface area contributed by atoms with Gasteiger partial charge in [-0.1, -0.05) is 12.1 Å². The summed E-state index contributed by atoms with van der Waals surface area (Å²) in [6.45, 7) is 4.13. The quantitative estimate of drug-likeness (QED) is 0.857. The molecule has 0 amide bonds. The first-order chi connectivity index (χ1) is 7.68. The van der Waals surface area contributed by atoms with E-state index in [-0.39, 0.29) is 0 Å². The molecule has 2 N–H and O–H groups in total. The van der Waals surface area contributed by atoms with E-state index in [2.05, 4.69) is 5.32 Å². The molecule has 0 aliphatic carbocycles. The van der Waals surface area contributed by atoms with Crippen LogP contribution < -0.4 is 5.32 Å². The van der Waals surface area contributed by atoms with Crippen LogP contribution in [0.3, 0.4) is 0 Å². The molecule has 0 fully saturated rings. The Labute approximate surface area is 98.5 Å². The second kappa shape index (κ2) is 5.06. The minimum Gasteiger partial charge on any atom is -0.389 e. The molecule has 5 heteroatoms. The summed E-state index contributed by atoms with van der Waals surface area (Å²) in [5.41, 5.74) is -0.725. The van der Waals surface area contributed by atoms with Crippen LogP contribution in [0, 0.1) is 0 Å². The van der Waals surface area contributed by atoms with Crippen molar-refractivity contribution in [3.05, 3.63) is 35.4 Å². The fraction of sp³-hybridized carbons (Fsp3) is 0.500. The summed E-state index contributed by atoms with van der Waals surface area (Å²) >= 11 is 0. The highest BCUT2D eigenvalue weighted by molar-refractivity contribution is 5.24. The van der Waals surface area contributed by atoms with E-state index in [0.717, 1.165) is 17.7 Å². The van der Waals surface area contributed by atoms with E-state index >= 15 is 0 Å². The van der Waals surface area contributed by atoms with Crippen molar-refractivity contribution >= 4 is 0 Å². The van der Waals surface area contributed by atoms with Gasteiger partial charge in [-0.15, -0.1) is 0 Å². The molecule has 1 rings (SSSR count). The number of hydrogen-bond acceptors (Lipinski definition) is 2. The van der Waals surface area contributed by atoms with Gasteiger partial charge in [0.05, 0.1) is 11.2 Å². The lowest BCUT2D eigenvalue weighted by atomic mass is 10.1. The summed E-state index contributed by atoms with van der Waals surface area (Å²) in [5.74, 6) is 0. The first-order valence-electron chi connectivity index (χ1n) is 5.28. The highest BCUT2D eigenvalue weighted by Gasteiger charge is 2.29. The predicted molar refractivity (Wildman–Crippen MR) is 59.4 cm³/mol. The van der Waals surface area contributed by atoms with E-state index in [4.69, 9.17) is 0 Å². The van der Waals surface area contributed by atoms with Gasteiger partial charge >= 0.3 is 6.18 Å². The van der Waals surface area contributed by atoms with Gasteiger partial charge in [-0.2, -0.15) is 13.2 Å². The average molecular weight is 247 g/mol. The Morgan fingerprint density at radius 2 is 1.65 bits per heavy atom. The summed E-state index contributed by atoms with van der Waals surface area (Å²) in [7, 11) is 0. The lowest BCUT2D eigenvalue weighted by Gasteiger charge is -2.17. The number of rotatable bonds is 4. The van der Waals surface area contributed by atoms with E-state index in [0.29, 0.717) is 13.1 Å². The SMILES string of the molecule is CC(C)(O)CNCc1ccc(C(F)(F)F)cc1. The summed E-state index contributed by atoms with van der Waals surface area (Å²) in [4.78, 5) is 0. The minimum absolute atomic E-state index is 0.383. The Hall–Kier alpha value is -1.07. The second-order valence-corrected chi connectivity index (χ2v) is 4.61. The Balaban J connectivity index is 2.52. The third-order valence-corrected chi connectivity index (χ3v) is 2.17. The second-order valence-electron chi connectivity index (χ2n) is 4.61. The maximum atomic E-state index is 12.3. The van der Waals surface area contributed by atoms with Gasteiger partial charge in [-0.05, 0) is 31.5 Å². The maximum absolute atomic E-state index is 12.3. The Morgan fingerprint density at radius 3 is 2.06 bits per heavy atom. The smallest absolute Gasteiger partial charge is 0.389 e. The molecular formula is C12H16F3NO. The number of nitrogens with one attached hydrogen (secondary N) is 1. The van der Waals surface area contributed by atoms with Gasteiger partial charge in [-0.3, -0.25) is 0 Å². The van der Waals surface area contributed by atoms with Gasteiger partial charge in [0.2, 0.25) is 0 Å². The molecule has 0 bridgehead atoms. The molecule has 0 aromatic heterocycles. The Morgan fingerprint density at radius 1 is 1.12 bits per heavy atom. The van der Waals surface area contributed by atoms with Gasteiger partial charge in [-0.25, -0.2) is 0 Å². The van der Waals surface area contributed by atoms with E-state index in [1.807, 2.05) is 0 Å². The van der Waals surface area contributed by atoms with E-state index in [1.54, 1.807) is 13.8 Å². The highest BCUT2D eigenvalue weighted by atomic mass is 19.4. The van der Waals surface area contributed by atoms with Gasteiger partial charge < -0.3 is 10.4 Å². The molecule has 2 nitrogen and oxygen atoms in total. The van der Waals surface area contributed by atoms with Crippen LogP contribution in [0.2, 0.25) is 0 Å². The van der Waals surface area contributed by atoms with E-state index in [1.165, 1.54) is 12.1 Å². The number of aliphatic hydroxyl groups is 1. The summed E-state index contributed by atoms with van der Waals surface area (Å²) in [6, 6.07) is 4.97. The van der Waals surface area contributed by atoms with Crippen LogP contribution in [0.5, 0.6) is 0 Å². The first-order valence-corrected chi connectivity index (χ1v) is 5.28. The average Bonchev–Trinajstić information content (AvgIpc) is 2.15. The zero-order valence-electron chi connectivity index (χ0n) is 9.80. The topological polar surface area (TPSA) is 32.3 Å². The van der Waals surface area contributed by atoms with E-state index < -0.39 is 17.3 Å². The lowest BCUT2D eigenvalue weighted by molar-refractivity contribution is -0.137. The van der Waals surface area contributed by atoms with Crippen LogP contribution in [0.4, 0.5) is 13.2 Å². The molecule has 0 saturated carbocycles. The molecule has 96 valence electrons. The highest BCUT2D eigenvalue weighted by Crippen LogP contribution is 2.28. The number of halogens is 3. The summed E-state index contributed by atoms with van der Waals surface area (Å²) in [6.07, 6.45) is -4.29. The molecule has 1 aromatic carbocycles. The maximum Gasteiger partial charge on any atom is 0.416 e. The fourth-order valence-electron chi connectivity index (χ4n) is 1.32.